The molecule has 0 saturated heterocycles. The SMILES string of the molecule is CC(=O)Nc1ccc2c(C)cc(Oc3ccc(C(=N)N)cc3)nc2n1.Cl. The summed E-state index contributed by atoms with van der Waals surface area (Å²) in [7, 11) is 0. The second kappa shape index (κ2) is 7.79. The number of halogens is 1. The van der Waals surface area contributed by atoms with Crippen LogP contribution in [0, 0.1) is 12.3 Å². The van der Waals surface area contributed by atoms with Crippen molar-refractivity contribution in [3.63, 3.8) is 0 Å². The molecule has 7 nitrogen and oxygen atoms in total. The van der Waals surface area contributed by atoms with E-state index in [0.717, 1.165) is 10.9 Å². The van der Waals surface area contributed by atoms with Crippen LogP contribution in [0.2, 0.25) is 0 Å². The van der Waals surface area contributed by atoms with Crippen LogP contribution in [0.3, 0.4) is 0 Å². The number of ether oxygens (including phenoxy) is 1. The molecule has 0 spiro atoms. The first-order valence-electron chi connectivity index (χ1n) is 7.60. The summed E-state index contributed by atoms with van der Waals surface area (Å²) in [5.41, 5.74) is 7.51. The van der Waals surface area contributed by atoms with E-state index in [9.17, 15) is 4.79 Å². The van der Waals surface area contributed by atoms with E-state index < -0.39 is 0 Å². The Bertz CT molecular complexity index is 973. The van der Waals surface area contributed by atoms with Crippen LogP contribution in [0.25, 0.3) is 11.0 Å². The van der Waals surface area contributed by atoms with Gasteiger partial charge in [-0.25, -0.2) is 4.98 Å². The number of nitrogen functional groups attached to an aromatic ring is 1. The van der Waals surface area contributed by atoms with Gasteiger partial charge in [0.15, 0.2) is 5.65 Å². The number of pyridine rings is 2. The van der Waals surface area contributed by atoms with Gasteiger partial charge in [-0.3, -0.25) is 10.2 Å². The number of aromatic nitrogens is 2. The molecule has 0 unspecified atom stereocenters. The molecule has 0 aliphatic heterocycles. The van der Waals surface area contributed by atoms with Gasteiger partial charge in [0.05, 0.1) is 0 Å². The lowest BCUT2D eigenvalue weighted by atomic mass is 10.2. The number of aryl methyl sites for hydroxylation is 1. The van der Waals surface area contributed by atoms with E-state index in [1.54, 1.807) is 30.3 Å². The van der Waals surface area contributed by atoms with Crippen LogP contribution >= 0.6 is 12.4 Å². The van der Waals surface area contributed by atoms with Gasteiger partial charge in [0, 0.05) is 23.9 Å². The average Bonchev–Trinajstić information content (AvgIpc) is 2.54. The minimum atomic E-state index is -0.193. The van der Waals surface area contributed by atoms with Crippen molar-refractivity contribution >= 4 is 41.0 Å². The molecule has 0 atom stereocenters. The van der Waals surface area contributed by atoms with Crippen LogP contribution in [0.4, 0.5) is 5.82 Å². The number of amides is 1. The van der Waals surface area contributed by atoms with E-state index in [1.807, 2.05) is 19.1 Å². The van der Waals surface area contributed by atoms with Crippen LogP contribution in [-0.4, -0.2) is 21.7 Å². The Labute approximate surface area is 156 Å². The van der Waals surface area contributed by atoms with Gasteiger partial charge >= 0.3 is 0 Å². The third kappa shape index (κ3) is 4.25. The largest absolute Gasteiger partial charge is 0.439 e. The van der Waals surface area contributed by atoms with Crippen LogP contribution in [-0.2, 0) is 4.79 Å². The Morgan fingerprint density at radius 2 is 1.85 bits per heavy atom. The number of nitrogens with two attached hydrogens (primary N) is 1. The Morgan fingerprint density at radius 1 is 1.15 bits per heavy atom. The first-order chi connectivity index (χ1) is 11.9. The maximum absolute atomic E-state index is 11.2. The van der Waals surface area contributed by atoms with Crippen LogP contribution in [0.5, 0.6) is 11.6 Å². The molecule has 2 heterocycles. The number of nitrogens with one attached hydrogen (secondary N) is 2. The highest BCUT2D eigenvalue weighted by molar-refractivity contribution is 5.95. The summed E-state index contributed by atoms with van der Waals surface area (Å²) < 4.78 is 5.77. The summed E-state index contributed by atoms with van der Waals surface area (Å²) in [5.74, 6) is 1.22. The highest BCUT2D eigenvalue weighted by atomic mass is 35.5. The molecule has 1 amide bonds. The highest BCUT2D eigenvalue weighted by Crippen LogP contribution is 2.25. The lowest BCUT2D eigenvalue weighted by molar-refractivity contribution is -0.114. The van der Waals surface area contributed by atoms with Gasteiger partial charge in [-0.1, -0.05) is 0 Å². The maximum Gasteiger partial charge on any atom is 0.222 e. The molecular weight excluding hydrogens is 354 g/mol. The Balaban J connectivity index is 0.00000243. The molecule has 134 valence electrons. The number of nitrogens with zero attached hydrogens (tertiary/aromatic N) is 2. The number of benzene rings is 1. The van der Waals surface area contributed by atoms with E-state index in [2.05, 4.69) is 15.3 Å². The van der Waals surface area contributed by atoms with Gasteiger partial charge in [-0.2, -0.15) is 4.98 Å². The minimum absolute atomic E-state index is 0. The lowest BCUT2D eigenvalue weighted by Crippen LogP contribution is -2.10. The van der Waals surface area contributed by atoms with E-state index in [4.69, 9.17) is 15.9 Å². The topological polar surface area (TPSA) is 114 Å². The van der Waals surface area contributed by atoms with E-state index >= 15 is 0 Å². The zero-order valence-corrected chi connectivity index (χ0v) is 15.1. The first kappa shape index (κ1) is 19.1. The van der Waals surface area contributed by atoms with Crippen molar-refractivity contribution in [1.29, 1.82) is 5.41 Å². The van der Waals surface area contributed by atoms with E-state index in [1.165, 1.54) is 6.92 Å². The van der Waals surface area contributed by atoms with Crippen molar-refractivity contribution in [2.24, 2.45) is 5.73 Å². The van der Waals surface area contributed by atoms with Gasteiger partial charge in [-0.15, -0.1) is 12.4 Å². The molecule has 4 N–H and O–H groups in total. The summed E-state index contributed by atoms with van der Waals surface area (Å²) in [6, 6.07) is 12.3. The summed E-state index contributed by atoms with van der Waals surface area (Å²) in [4.78, 5) is 19.9. The number of hydrogen-bond acceptors (Lipinski definition) is 5. The molecule has 0 fully saturated rings. The molecule has 0 bridgehead atoms. The van der Waals surface area contributed by atoms with Crippen LogP contribution in [0.1, 0.15) is 18.1 Å². The van der Waals surface area contributed by atoms with E-state index in [-0.39, 0.29) is 24.1 Å². The lowest BCUT2D eigenvalue weighted by Gasteiger charge is -2.09. The van der Waals surface area contributed by atoms with Crippen LogP contribution < -0.4 is 15.8 Å². The maximum atomic E-state index is 11.2. The summed E-state index contributed by atoms with van der Waals surface area (Å²) in [6.45, 7) is 3.37. The summed E-state index contributed by atoms with van der Waals surface area (Å²) >= 11 is 0. The molecule has 2 aromatic heterocycles. The number of amidine groups is 1. The number of carbonyl (C=O) groups excluding carboxylic acids is 1. The molecule has 3 rings (SSSR count). The van der Waals surface area contributed by atoms with Gasteiger partial charge < -0.3 is 15.8 Å². The zero-order valence-electron chi connectivity index (χ0n) is 14.2. The molecule has 0 aliphatic carbocycles. The van der Waals surface area contributed by atoms with E-state index in [0.29, 0.717) is 28.7 Å². The fraction of sp³-hybridized carbons (Fsp3) is 0.111. The summed E-state index contributed by atoms with van der Waals surface area (Å²) in [6.07, 6.45) is 0. The number of carbonyl (C=O) groups is 1. The third-order valence-electron chi connectivity index (χ3n) is 3.55. The average molecular weight is 372 g/mol. The van der Waals surface area contributed by atoms with Crippen molar-refractivity contribution in [1.82, 2.24) is 9.97 Å². The van der Waals surface area contributed by atoms with Gasteiger partial charge in [0.2, 0.25) is 11.8 Å². The molecule has 0 radical (unpaired) electrons. The molecule has 0 saturated carbocycles. The van der Waals surface area contributed by atoms with Crippen molar-refractivity contribution in [2.75, 3.05) is 5.32 Å². The van der Waals surface area contributed by atoms with Crippen LogP contribution in [0.15, 0.2) is 42.5 Å². The number of rotatable bonds is 4. The third-order valence-corrected chi connectivity index (χ3v) is 3.55. The fourth-order valence-corrected chi connectivity index (χ4v) is 2.37. The normalized spacial score (nSPS) is 10.1. The predicted molar refractivity (Wildman–Crippen MR) is 103 cm³/mol. The number of fused-ring (bicyclic) bond motifs is 1. The van der Waals surface area contributed by atoms with Crippen molar-refractivity contribution < 1.29 is 9.53 Å². The quantitative estimate of drug-likeness (QED) is 0.480. The van der Waals surface area contributed by atoms with Gasteiger partial charge in [-0.05, 0) is 48.9 Å². The molecule has 1 aromatic carbocycles. The Morgan fingerprint density at radius 3 is 2.46 bits per heavy atom. The van der Waals surface area contributed by atoms with Gasteiger partial charge in [0.25, 0.3) is 0 Å². The smallest absolute Gasteiger partial charge is 0.222 e. The molecule has 8 heteroatoms. The fourth-order valence-electron chi connectivity index (χ4n) is 2.37. The minimum Gasteiger partial charge on any atom is -0.439 e. The van der Waals surface area contributed by atoms with Crippen molar-refractivity contribution in [2.45, 2.75) is 13.8 Å². The molecule has 26 heavy (non-hydrogen) atoms. The zero-order chi connectivity index (χ0) is 18.0. The monoisotopic (exact) mass is 371 g/mol. The molecular formula is C18H18ClN5O2. The molecule has 0 aliphatic rings. The highest BCUT2D eigenvalue weighted by Gasteiger charge is 2.08. The summed E-state index contributed by atoms with van der Waals surface area (Å²) in [5, 5.41) is 10.9. The number of hydrogen-bond donors (Lipinski definition) is 3. The Kier molecular flexibility index (Phi) is 5.74. The first-order valence-corrected chi connectivity index (χ1v) is 7.60. The number of anilines is 1. The molecule has 3 aromatic rings. The standard InChI is InChI=1S/C18H17N5O2.ClH/c1-10-9-16(25-13-5-3-12(4-6-13)17(19)20)23-18-14(10)7-8-15(22-18)21-11(2)24;/h3-9H,1-2H3,(H3,19,20)(H,21,22,23,24);1H. The van der Waals surface area contributed by atoms with Crippen molar-refractivity contribution in [3.05, 3.63) is 53.6 Å². The van der Waals surface area contributed by atoms with Crippen molar-refractivity contribution in [3.8, 4) is 11.6 Å². The second-order valence-electron chi connectivity index (χ2n) is 5.57. The second-order valence-corrected chi connectivity index (χ2v) is 5.57. The van der Waals surface area contributed by atoms with Gasteiger partial charge in [0.1, 0.15) is 17.4 Å². The predicted octanol–water partition coefficient (Wildman–Crippen LogP) is 3.39. The Hall–Kier alpha value is -3.19.